The fraction of sp³-hybridized carbons (Fsp3) is 0.381. The normalized spacial score (nSPS) is 15.7. The van der Waals surface area contributed by atoms with E-state index in [1.807, 2.05) is 6.07 Å². The van der Waals surface area contributed by atoms with E-state index < -0.39 is 9.84 Å². The van der Waals surface area contributed by atoms with Crippen molar-refractivity contribution >= 4 is 43.3 Å². The molecule has 9 heteroatoms. The first-order valence-corrected chi connectivity index (χ1v) is 12.3. The Labute approximate surface area is 183 Å². The SMILES string of the molecule is O=C(CCS(=O)(=O)c1cc2c(cc1Br)CCN2C(=O)C1CC1)NCc1ccccn1. The minimum absolute atomic E-state index is 0.0717. The summed E-state index contributed by atoms with van der Waals surface area (Å²) in [5.74, 6) is -0.516. The van der Waals surface area contributed by atoms with Crippen LogP contribution in [0.25, 0.3) is 0 Å². The minimum Gasteiger partial charge on any atom is -0.350 e. The predicted molar refractivity (Wildman–Crippen MR) is 116 cm³/mol. The van der Waals surface area contributed by atoms with Crippen LogP contribution in [0.1, 0.15) is 30.5 Å². The van der Waals surface area contributed by atoms with E-state index >= 15 is 0 Å². The van der Waals surface area contributed by atoms with Crippen molar-refractivity contribution in [2.24, 2.45) is 5.92 Å². The zero-order chi connectivity index (χ0) is 21.3. The van der Waals surface area contributed by atoms with Crippen molar-refractivity contribution in [1.82, 2.24) is 10.3 Å². The lowest BCUT2D eigenvalue weighted by molar-refractivity contribution is -0.121. The second-order valence-electron chi connectivity index (χ2n) is 7.59. The third-order valence-corrected chi connectivity index (χ3v) is 8.02. The molecule has 0 bridgehead atoms. The predicted octanol–water partition coefficient (Wildman–Crippen LogP) is 2.62. The van der Waals surface area contributed by atoms with Gasteiger partial charge in [0.15, 0.2) is 9.84 Å². The van der Waals surface area contributed by atoms with Gasteiger partial charge >= 0.3 is 0 Å². The maximum atomic E-state index is 12.9. The smallest absolute Gasteiger partial charge is 0.230 e. The standard InChI is InChI=1S/C21H22BrN3O4S/c22-17-11-15-6-9-25(21(27)14-4-5-14)18(15)12-19(17)30(28,29)10-7-20(26)24-13-16-3-1-2-8-23-16/h1-3,8,11-12,14H,4-7,9-10,13H2,(H,24,26). The van der Waals surface area contributed by atoms with E-state index in [1.54, 1.807) is 35.4 Å². The fourth-order valence-corrected chi connectivity index (χ4v) is 5.98. The summed E-state index contributed by atoms with van der Waals surface area (Å²) in [4.78, 5) is 30.6. The molecule has 1 fully saturated rings. The number of rotatable bonds is 7. The zero-order valence-corrected chi connectivity index (χ0v) is 18.7. The number of carbonyl (C=O) groups excluding carboxylic acids is 2. The number of halogens is 1. The first-order chi connectivity index (χ1) is 14.3. The van der Waals surface area contributed by atoms with Gasteiger partial charge in [-0.05, 0) is 65.0 Å². The Kier molecular flexibility index (Phi) is 5.92. The Morgan fingerprint density at radius 2 is 2.03 bits per heavy atom. The summed E-state index contributed by atoms with van der Waals surface area (Å²) in [5, 5.41) is 2.69. The Bertz CT molecular complexity index is 1080. The van der Waals surface area contributed by atoms with Crippen molar-refractivity contribution in [3.63, 3.8) is 0 Å². The number of anilines is 1. The lowest BCUT2D eigenvalue weighted by Gasteiger charge is -2.18. The van der Waals surface area contributed by atoms with Gasteiger partial charge in [-0.1, -0.05) is 6.07 Å². The summed E-state index contributed by atoms with van der Waals surface area (Å²) in [5.41, 5.74) is 2.34. The van der Waals surface area contributed by atoms with Crippen LogP contribution >= 0.6 is 15.9 Å². The van der Waals surface area contributed by atoms with Crippen LogP contribution < -0.4 is 10.2 Å². The van der Waals surface area contributed by atoms with Crippen molar-refractivity contribution in [3.8, 4) is 0 Å². The summed E-state index contributed by atoms with van der Waals surface area (Å²) in [7, 11) is -3.71. The van der Waals surface area contributed by atoms with Crippen LogP contribution in [-0.2, 0) is 32.4 Å². The highest BCUT2D eigenvalue weighted by atomic mass is 79.9. The summed E-state index contributed by atoms with van der Waals surface area (Å²) in [6.45, 7) is 0.830. The van der Waals surface area contributed by atoms with Gasteiger partial charge in [-0.15, -0.1) is 0 Å². The molecule has 2 aromatic rings. The Morgan fingerprint density at radius 1 is 1.23 bits per heavy atom. The number of carbonyl (C=O) groups is 2. The summed E-state index contributed by atoms with van der Waals surface area (Å²) in [6, 6.07) is 8.75. The monoisotopic (exact) mass is 491 g/mol. The number of amides is 2. The topological polar surface area (TPSA) is 96.4 Å². The number of hydrogen-bond donors (Lipinski definition) is 1. The average molecular weight is 492 g/mol. The van der Waals surface area contributed by atoms with E-state index in [9.17, 15) is 18.0 Å². The molecular weight excluding hydrogens is 470 g/mol. The molecule has 1 aromatic heterocycles. The number of nitrogens with one attached hydrogen (secondary N) is 1. The third kappa shape index (κ3) is 4.57. The first kappa shape index (κ1) is 21.0. The number of benzene rings is 1. The van der Waals surface area contributed by atoms with Crippen LogP contribution in [0.3, 0.4) is 0 Å². The van der Waals surface area contributed by atoms with E-state index in [-0.39, 0.29) is 41.3 Å². The van der Waals surface area contributed by atoms with Gasteiger partial charge in [-0.2, -0.15) is 0 Å². The molecule has 1 aliphatic carbocycles. The van der Waals surface area contributed by atoms with E-state index in [2.05, 4.69) is 26.2 Å². The number of pyridine rings is 1. The molecule has 158 valence electrons. The second kappa shape index (κ2) is 8.47. The highest BCUT2D eigenvalue weighted by Gasteiger charge is 2.37. The van der Waals surface area contributed by atoms with E-state index in [4.69, 9.17) is 0 Å². The quantitative estimate of drug-likeness (QED) is 0.641. The van der Waals surface area contributed by atoms with E-state index in [1.165, 1.54) is 0 Å². The second-order valence-corrected chi connectivity index (χ2v) is 10.5. The van der Waals surface area contributed by atoms with Crippen LogP contribution in [0, 0.1) is 5.92 Å². The van der Waals surface area contributed by atoms with Crippen LogP contribution in [0.5, 0.6) is 0 Å². The maximum Gasteiger partial charge on any atom is 0.230 e. The number of nitrogens with zero attached hydrogens (tertiary/aromatic N) is 2. The van der Waals surface area contributed by atoms with Crippen molar-refractivity contribution < 1.29 is 18.0 Å². The number of aromatic nitrogens is 1. The van der Waals surface area contributed by atoms with Gasteiger partial charge in [-0.3, -0.25) is 14.6 Å². The Hall–Kier alpha value is -2.26. The lowest BCUT2D eigenvalue weighted by atomic mass is 10.2. The maximum absolute atomic E-state index is 12.9. The molecule has 2 aliphatic rings. The molecule has 2 amide bonds. The molecule has 2 heterocycles. The van der Waals surface area contributed by atoms with Crippen LogP contribution in [0.15, 0.2) is 45.9 Å². The van der Waals surface area contributed by atoms with Gasteiger partial charge < -0.3 is 10.2 Å². The van der Waals surface area contributed by atoms with Gasteiger partial charge in [0, 0.05) is 35.2 Å². The molecule has 0 spiro atoms. The van der Waals surface area contributed by atoms with E-state index in [0.717, 1.165) is 18.4 Å². The molecule has 0 radical (unpaired) electrons. The minimum atomic E-state index is -3.71. The van der Waals surface area contributed by atoms with Crippen molar-refractivity contribution in [2.45, 2.75) is 37.1 Å². The molecule has 0 saturated heterocycles. The molecule has 1 saturated carbocycles. The van der Waals surface area contributed by atoms with Gasteiger partial charge in [0.2, 0.25) is 11.8 Å². The molecule has 1 N–H and O–H groups in total. The van der Waals surface area contributed by atoms with Gasteiger partial charge in [0.25, 0.3) is 0 Å². The molecule has 30 heavy (non-hydrogen) atoms. The molecule has 4 rings (SSSR count). The van der Waals surface area contributed by atoms with Crippen molar-refractivity contribution in [1.29, 1.82) is 0 Å². The van der Waals surface area contributed by atoms with Gasteiger partial charge in [-0.25, -0.2) is 8.42 Å². The van der Waals surface area contributed by atoms with Crippen LogP contribution in [-0.4, -0.2) is 37.5 Å². The number of fused-ring (bicyclic) bond motifs is 1. The van der Waals surface area contributed by atoms with Crippen molar-refractivity contribution in [3.05, 3.63) is 52.3 Å². The first-order valence-electron chi connectivity index (χ1n) is 9.88. The largest absolute Gasteiger partial charge is 0.350 e. The number of sulfone groups is 1. The van der Waals surface area contributed by atoms with Crippen LogP contribution in [0.4, 0.5) is 5.69 Å². The molecular formula is C21H22BrN3O4S. The Balaban J connectivity index is 1.44. The van der Waals surface area contributed by atoms with Crippen molar-refractivity contribution in [2.75, 3.05) is 17.2 Å². The zero-order valence-electron chi connectivity index (χ0n) is 16.3. The van der Waals surface area contributed by atoms with Crippen LogP contribution in [0.2, 0.25) is 0 Å². The fourth-order valence-electron chi connectivity index (χ4n) is 3.52. The van der Waals surface area contributed by atoms with Gasteiger partial charge in [0.05, 0.1) is 22.9 Å². The summed E-state index contributed by atoms with van der Waals surface area (Å²) in [6.07, 6.45) is 4.00. The van der Waals surface area contributed by atoms with E-state index in [0.29, 0.717) is 28.8 Å². The molecule has 0 unspecified atom stereocenters. The lowest BCUT2D eigenvalue weighted by Crippen LogP contribution is -2.30. The molecule has 1 aromatic carbocycles. The van der Waals surface area contributed by atoms with Gasteiger partial charge in [0.1, 0.15) is 0 Å². The molecule has 1 aliphatic heterocycles. The highest BCUT2D eigenvalue weighted by Crippen LogP contribution is 2.39. The summed E-state index contributed by atoms with van der Waals surface area (Å²) >= 11 is 3.36. The molecule has 0 atom stereocenters. The number of hydrogen-bond acceptors (Lipinski definition) is 5. The Morgan fingerprint density at radius 3 is 2.73 bits per heavy atom. The third-order valence-electron chi connectivity index (χ3n) is 5.35. The average Bonchev–Trinajstić information content (AvgIpc) is 3.50. The highest BCUT2D eigenvalue weighted by molar-refractivity contribution is 9.10. The summed E-state index contributed by atoms with van der Waals surface area (Å²) < 4.78 is 26.3. The molecule has 7 nitrogen and oxygen atoms in total.